The molecule has 0 saturated heterocycles. The molecule has 3 N–H and O–H groups in total. The molecule has 8 heavy (non-hydrogen) atoms. The van der Waals surface area contributed by atoms with E-state index < -0.39 is 0 Å². The van der Waals surface area contributed by atoms with Gasteiger partial charge in [0.1, 0.15) is 0 Å². The van der Waals surface area contributed by atoms with Crippen LogP contribution in [-0.2, 0) is 0 Å². The molecule has 3 heteroatoms. The molecular formula is C5H11INO-. The molecule has 1 saturated carbocycles. The van der Waals surface area contributed by atoms with E-state index in [1.807, 2.05) is 0 Å². The Morgan fingerprint density at radius 1 is 1.62 bits per heavy atom. The summed E-state index contributed by atoms with van der Waals surface area (Å²) in [7, 11) is 0. The second-order valence-electron chi connectivity index (χ2n) is 2.21. The van der Waals surface area contributed by atoms with Gasteiger partial charge in [0, 0.05) is 0 Å². The zero-order valence-corrected chi connectivity index (χ0v) is 6.84. The summed E-state index contributed by atoms with van der Waals surface area (Å²) in [4.78, 5) is 0. The average molecular weight is 228 g/mol. The quantitative estimate of drug-likeness (QED) is 0.296. The van der Waals surface area contributed by atoms with Gasteiger partial charge in [-0.05, 0) is 0 Å². The van der Waals surface area contributed by atoms with Crippen LogP contribution < -0.4 is 25.4 Å². The average Bonchev–Trinajstić information content (AvgIpc) is 1.79. The van der Waals surface area contributed by atoms with E-state index in [2.05, 4.69) is 0 Å². The summed E-state index contributed by atoms with van der Waals surface area (Å²) in [6.07, 6.45) is 2.21. The molecule has 1 rings (SSSR count). The van der Waals surface area contributed by atoms with Crippen LogP contribution in [0.3, 0.4) is 0 Å². The zero-order valence-electron chi connectivity index (χ0n) is 4.68. The van der Waals surface area contributed by atoms with E-state index in [0.29, 0.717) is 5.92 Å². The minimum atomic E-state index is -0.0752. The number of hydrogen-bond donors (Lipinski definition) is 2. The first-order chi connectivity index (χ1) is 3.84. The SMILES string of the molecule is N[I-]C[C@H]1CC[C@H]1O. The van der Waals surface area contributed by atoms with Crippen molar-refractivity contribution in [2.45, 2.75) is 18.9 Å². The molecule has 50 valence electrons. The second-order valence-corrected chi connectivity index (χ2v) is 3.97. The van der Waals surface area contributed by atoms with E-state index in [-0.39, 0.29) is 27.6 Å². The third-order valence-electron chi connectivity index (χ3n) is 1.66. The van der Waals surface area contributed by atoms with Crippen molar-refractivity contribution in [1.82, 2.24) is 0 Å². The first kappa shape index (κ1) is 6.77. The van der Waals surface area contributed by atoms with Crippen molar-refractivity contribution in [3.8, 4) is 0 Å². The van der Waals surface area contributed by atoms with Crippen LogP contribution in [0, 0.1) is 5.92 Å². The molecule has 0 heterocycles. The summed E-state index contributed by atoms with van der Waals surface area (Å²) in [6, 6.07) is 0. The molecule has 2 atom stereocenters. The number of hydrogen-bond acceptors (Lipinski definition) is 2. The van der Waals surface area contributed by atoms with Gasteiger partial charge in [-0.1, -0.05) is 0 Å². The summed E-state index contributed by atoms with van der Waals surface area (Å²) >= 11 is -0.0752. The van der Waals surface area contributed by atoms with Gasteiger partial charge < -0.3 is 0 Å². The first-order valence-corrected chi connectivity index (χ1v) is 5.57. The Bertz CT molecular complexity index is 78.8. The van der Waals surface area contributed by atoms with Gasteiger partial charge in [0.2, 0.25) is 0 Å². The zero-order chi connectivity index (χ0) is 5.98. The standard InChI is InChI=1S/C5H11INO/c7-6-3-4-1-2-5(4)8/h4-5,8H,1-3,7H2/q-1/t4-,5-/m1/s1. The van der Waals surface area contributed by atoms with Crippen LogP contribution in [0.1, 0.15) is 12.8 Å². The Labute approximate surface area is 60.1 Å². The van der Waals surface area contributed by atoms with Gasteiger partial charge in [0.25, 0.3) is 0 Å². The monoisotopic (exact) mass is 228 g/mol. The Balaban J connectivity index is 2.08. The van der Waals surface area contributed by atoms with E-state index in [1.165, 1.54) is 6.42 Å². The van der Waals surface area contributed by atoms with Crippen LogP contribution >= 0.6 is 0 Å². The Morgan fingerprint density at radius 2 is 2.38 bits per heavy atom. The predicted molar refractivity (Wildman–Crippen MR) is 27.8 cm³/mol. The maximum atomic E-state index is 9.00. The Kier molecular flexibility index (Phi) is 2.52. The normalized spacial score (nSPS) is 37.2. The van der Waals surface area contributed by atoms with Crippen molar-refractivity contribution in [3.63, 3.8) is 0 Å². The number of halogens is 1. The van der Waals surface area contributed by atoms with Gasteiger partial charge in [0.15, 0.2) is 0 Å². The van der Waals surface area contributed by atoms with Crippen molar-refractivity contribution in [1.29, 1.82) is 0 Å². The molecular weight excluding hydrogens is 217 g/mol. The number of alkyl halides is 1. The molecule has 1 aliphatic rings. The van der Waals surface area contributed by atoms with Crippen LogP contribution in [0.4, 0.5) is 0 Å². The Morgan fingerprint density at radius 3 is 2.50 bits per heavy atom. The molecule has 1 fully saturated rings. The molecule has 0 radical (unpaired) electrons. The number of rotatable bonds is 2. The summed E-state index contributed by atoms with van der Waals surface area (Å²) in [6.45, 7) is 0. The fourth-order valence-corrected chi connectivity index (χ4v) is 2.53. The van der Waals surface area contributed by atoms with Gasteiger partial charge >= 0.3 is 59.8 Å². The van der Waals surface area contributed by atoms with E-state index in [4.69, 9.17) is 9.05 Å². The van der Waals surface area contributed by atoms with Crippen LogP contribution in [0.5, 0.6) is 0 Å². The molecule has 0 amide bonds. The van der Waals surface area contributed by atoms with E-state index in [1.54, 1.807) is 0 Å². The minimum absolute atomic E-state index is 0.00162. The molecule has 0 aliphatic heterocycles. The van der Waals surface area contributed by atoms with Crippen LogP contribution in [0.25, 0.3) is 0 Å². The predicted octanol–water partition coefficient (Wildman–Crippen LogP) is -3.28. The molecule has 0 bridgehead atoms. The van der Waals surface area contributed by atoms with E-state index in [0.717, 1.165) is 10.8 Å². The molecule has 0 unspecified atom stereocenters. The van der Waals surface area contributed by atoms with E-state index >= 15 is 0 Å². The summed E-state index contributed by atoms with van der Waals surface area (Å²) in [5.41, 5.74) is 0. The van der Waals surface area contributed by atoms with Gasteiger partial charge in [0.05, 0.1) is 0 Å². The molecule has 0 aromatic carbocycles. The van der Waals surface area contributed by atoms with Gasteiger partial charge in [-0.3, -0.25) is 0 Å². The first-order valence-electron chi connectivity index (χ1n) is 2.80. The van der Waals surface area contributed by atoms with Gasteiger partial charge in [-0.15, -0.1) is 0 Å². The number of nitrogens with two attached hydrogens (primary N) is 1. The van der Waals surface area contributed by atoms with E-state index in [9.17, 15) is 0 Å². The molecule has 1 aliphatic carbocycles. The molecule has 2 nitrogen and oxygen atoms in total. The maximum absolute atomic E-state index is 9.00. The van der Waals surface area contributed by atoms with Crippen molar-refractivity contribution < 1.29 is 26.6 Å². The molecule has 0 spiro atoms. The van der Waals surface area contributed by atoms with Crippen molar-refractivity contribution in [3.05, 3.63) is 0 Å². The number of aliphatic hydroxyl groups is 1. The summed E-state index contributed by atoms with van der Waals surface area (Å²) < 4.78 is 6.51. The third kappa shape index (κ3) is 1.33. The summed E-state index contributed by atoms with van der Waals surface area (Å²) in [5.74, 6) is 0.577. The van der Waals surface area contributed by atoms with Crippen molar-refractivity contribution >= 4 is 0 Å². The van der Waals surface area contributed by atoms with Gasteiger partial charge in [-0.2, -0.15) is 0 Å². The molecule has 0 aromatic rings. The van der Waals surface area contributed by atoms with Crippen LogP contribution in [0.15, 0.2) is 0 Å². The summed E-state index contributed by atoms with van der Waals surface area (Å²) in [5, 5.41) is 9.00. The second kappa shape index (κ2) is 2.98. The molecule has 0 aromatic heterocycles. The fourth-order valence-electron chi connectivity index (χ4n) is 0.846. The van der Waals surface area contributed by atoms with Crippen molar-refractivity contribution in [2.75, 3.05) is 4.43 Å². The fraction of sp³-hybridized carbons (Fsp3) is 1.00. The number of aliphatic hydroxyl groups excluding tert-OH is 1. The van der Waals surface area contributed by atoms with Crippen LogP contribution in [-0.4, -0.2) is 15.6 Å². The third-order valence-corrected chi connectivity index (χ3v) is 3.30. The Hall–Kier alpha value is 0.650. The van der Waals surface area contributed by atoms with Crippen LogP contribution in [0.2, 0.25) is 0 Å². The van der Waals surface area contributed by atoms with Gasteiger partial charge in [-0.25, -0.2) is 0 Å². The topological polar surface area (TPSA) is 46.2 Å². The van der Waals surface area contributed by atoms with Crippen molar-refractivity contribution in [2.24, 2.45) is 9.86 Å².